The van der Waals surface area contributed by atoms with E-state index in [1.165, 1.54) is 45.0 Å². The maximum absolute atomic E-state index is 11.5. The number of carbonyl (C=O) groups excluding carboxylic acids is 2. The van der Waals surface area contributed by atoms with Crippen molar-refractivity contribution in [3.8, 4) is 5.75 Å². The fourth-order valence-electron chi connectivity index (χ4n) is 1.63. The number of nitrogens with zero attached hydrogens (tertiary/aromatic N) is 1. The summed E-state index contributed by atoms with van der Waals surface area (Å²) in [6, 6.07) is 5.08. The normalized spacial score (nSPS) is 11.5. The lowest BCUT2D eigenvalue weighted by atomic mass is 10.2. The number of esters is 1. The number of hydrogen-bond acceptors (Lipinski definition) is 4. The van der Waals surface area contributed by atoms with Crippen molar-refractivity contribution in [2.45, 2.75) is 26.8 Å². The Bertz CT molecular complexity index is 494. The third-order valence-electron chi connectivity index (χ3n) is 2.46. The molecule has 0 spiro atoms. The van der Waals surface area contributed by atoms with Crippen LogP contribution in [0.5, 0.6) is 5.75 Å². The van der Waals surface area contributed by atoms with Crippen molar-refractivity contribution in [2.75, 3.05) is 4.90 Å². The zero-order valence-electron chi connectivity index (χ0n) is 10.9. The van der Waals surface area contributed by atoms with Crippen LogP contribution in [-0.2, 0) is 14.4 Å². The molecule has 6 nitrogen and oxygen atoms in total. The summed E-state index contributed by atoms with van der Waals surface area (Å²) >= 11 is 0. The Kier molecular flexibility index (Phi) is 4.63. The number of ether oxygens (including phenoxy) is 1. The molecule has 1 aromatic carbocycles. The minimum Gasteiger partial charge on any atom is -0.480 e. The van der Waals surface area contributed by atoms with Crippen molar-refractivity contribution in [2.24, 2.45) is 0 Å². The molecule has 0 saturated carbocycles. The summed E-state index contributed by atoms with van der Waals surface area (Å²) in [7, 11) is 0. The molecule has 0 aliphatic carbocycles. The molecule has 19 heavy (non-hydrogen) atoms. The van der Waals surface area contributed by atoms with Gasteiger partial charge in [-0.1, -0.05) is 0 Å². The first-order valence-electron chi connectivity index (χ1n) is 5.64. The number of amides is 1. The van der Waals surface area contributed by atoms with Gasteiger partial charge in [-0.05, 0) is 31.2 Å². The highest BCUT2D eigenvalue weighted by Crippen LogP contribution is 2.21. The third-order valence-corrected chi connectivity index (χ3v) is 2.46. The first kappa shape index (κ1) is 14.7. The highest BCUT2D eigenvalue weighted by molar-refractivity contribution is 5.97. The summed E-state index contributed by atoms with van der Waals surface area (Å²) in [5.74, 6) is -1.59. The fourth-order valence-corrected chi connectivity index (χ4v) is 1.63. The highest BCUT2D eigenvalue weighted by Gasteiger charge is 2.24. The molecule has 0 bridgehead atoms. The van der Waals surface area contributed by atoms with Crippen LogP contribution in [-0.4, -0.2) is 29.0 Å². The smallest absolute Gasteiger partial charge is 0.326 e. The Labute approximate surface area is 110 Å². The second-order valence-electron chi connectivity index (χ2n) is 3.99. The van der Waals surface area contributed by atoms with E-state index in [2.05, 4.69) is 0 Å². The zero-order valence-corrected chi connectivity index (χ0v) is 10.9. The van der Waals surface area contributed by atoms with E-state index in [1.54, 1.807) is 0 Å². The zero-order chi connectivity index (χ0) is 14.6. The van der Waals surface area contributed by atoms with E-state index in [0.717, 1.165) is 4.90 Å². The van der Waals surface area contributed by atoms with Crippen molar-refractivity contribution < 1.29 is 24.2 Å². The van der Waals surface area contributed by atoms with Crippen LogP contribution in [0.3, 0.4) is 0 Å². The summed E-state index contributed by atoms with van der Waals surface area (Å²) in [4.78, 5) is 34.4. The Morgan fingerprint density at radius 1 is 1.16 bits per heavy atom. The molecule has 0 fully saturated rings. The van der Waals surface area contributed by atoms with Gasteiger partial charge < -0.3 is 9.84 Å². The largest absolute Gasteiger partial charge is 0.480 e. The summed E-state index contributed by atoms with van der Waals surface area (Å²) in [6.07, 6.45) is 0. The lowest BCUT2D eigenvalue weighted by molar-refractivity contribution is -0.139. The van der Waals surface area contributed by atoms with E-state index in [9.17, 15) is 14.4 Å². The lowest BCUT2D eigenvalue weighted by Crippen LogP contribution is -2.42. The maximum Gasteiger partial charge on any atom is 0.326 e. The minimum atomic E-state index is -1.10. The topological polar surface area (TPSA) is 83.9 Å². The molecule has 1 unspecified atom stereocenters. The van der Waals surface area contributed by atoms with Gasteiger partial charge in [-0.2, -0.15) is 0 Å². The third kappa shape index (κ3) is 3.80. The van der Waals surface area contributed by atoms with Crippen LogP contribution in [0, 0.1) is 0 Å². The molecule has 0 aliphatic rings. The van der Waals surface area contributed by atoms with Crippen LogP contribution < -0.4 is 9.64 Å². The van der Waals surface area contributed by atoms with Crippen LogP contribution in [0.25, 0.3) is 0 Å². The fraction of sp³-hybridized carbons (Fsp3) is 0.308. The van der Waals surface area contributed by atoms with Gasteiger partial charge in [-0.25, -0.2) is 4.79 Å². The van der Waals surface area contributed by atoms with Crippen LogP contribution in [0.15, 0.2) is 24.3 Å². The number of carboxylic acid groups (broad SMARTS) is 1. The van der Waals surface area contributed by atoms with Crippen molar-refractivity contribution in [1.29, 1.82) is 0 Å². The van der Waals surface area contributed by atoms with Gasteiger partial charge in [0.25, 0.3) is 0 Å². The summed E-state index contributed by atoms with van der Waals surface area (Å²) in [6.45, 7) is 3.99. The van der Waals surface area contributed by atoms with E-state index in [4.69, 9.17) is 9.84 Å². The van der Waals surface area contributed by atoms with Crippen LogP contribution in [0.4, 0.5) is 5.69 Å². The molecule has 0 heterocycles. The monoisotopic (exact) mass is 265 g/mol. The van der Waals surface area contributed by atoms with Gasteiger partial charge in [-0.3, -0.25) is 14.5 Å². The number of benzene rings is 1. The van der Waals surface area contributed by atoms with E-state index < -0.39 is 18.0 Å². The number of anilines is 1. The van der Waals surface area contributed by atoms with Crippen molar-refractivity contribution in [3.63, 3.8) is 0 Å². The molecular formula is C13H15NO5. The Hall–Kier alpha value is -2.37. The molecule has 1 amide bonds. The predicted octanol–water partition coefficient (Wildman–Crippen LogP) is 1.44. The van der Waals surface area contributed by atoms with Gasteiger partial charge in [0, 0.05) is 19.5 Å². The number of aliphatic carboxylic acids is 1. The van der Waals surface area contributed by atoms with E-state index in [-0.39, 0.29) is 5.91 Å². The van der Waals surface area contributed by atoms with E-state index in [0.29, 0.717) is 11.4 Å². The highest BCUT2D eigenvalue weighted by atomic mass is 16.5. The minimum absolute atomic E-state index is 0.336. The first-order valence-corrected chi connectivity index (χ1v) is 5.64. The van der Waals surface area contributed by atoms with Crippen LogP contribution in [0.2, 0.25) is 0 Å². The average molecular weight is 265 g/mol. The molecule has 0 radical (unpaired) electrons. The van der Waals surface area contributed by atoms with Gasteiger partial charge in [0.15, 0.2) is 0 Å². The molecule has 1 aromatic rings. The molecule has 0 saturated heterocycles. The number of hydrogen-bond donors (Lipinski definition) is 1. The summed E-state index contributed by atoms with van der Waals surface area (Å²) in [5.41, 5.74) is 0.429. The molecule has 1 N–H and O–H groups in total. The lowest BCUT2D eigenvalue weighted by Gasteiger charge is -2.25. The van der Waals surface area contributed by atoms with Crippen molar-refractivity contribution >= 4 is 23.5 Å². The van der Waals surface area contributed by atoms with Crippen molar-refractivity contribution in [3.05, 3.63) is 24.3 Å². The van der Waals surface area contributed by atoms with Gasteiger partial charge in [-0.15, -0.1) is 0 Å². The second kappa shape index (κ2) is 5.99. The predicted molar refractivity (Wildman–Crippen MR) is 68.0 cm³/mol. The molecule has 0 aliphatic heterocycles. The Balaban J connectivity index is 3.01. The van der Waals surface area contributed by atoms with E-state index >= 15 is 0 Å². The summed E-state index contributed by atoms with van der Waals surface area (Å²) in [5, 5.41) is 8.97. The Morgan fingerprint density at radius 2 is 1.68 bits per heavy atom. The molecule has 0 aromatic heterocycles. The molecule has 1 atom stereocenters. The number of carbonyl (C=O) groups is 3. The quantitative estimate of drug-likeness (QED) is 0.657. The SMILES string of the molecule is CC(=O)Oc1ccc(N(C(C)=O)C(C)C(=O)O)cc1. The molecule has 102 valence electrons. The standard InChI is InChI=1S/C13H15NO5/c1-8(13(17)18)14(9(2)15)11-4-6-12(7-5-11)19-10(3)16/h4-8H,1-3H3,(H,17,18). The number of carboxylic acids is 1. The number of rotatable bonds is 4. The van der Waals surface area contributed by atoms with Crippen LogP contribution >= 0.6 is 0 Å². The summed E-state index contributed by atoms with van der Waals surface area (Å²) < 4.78 is 4.86. The van der Waals surface area contributed by atoms with E-state index in [1.807, 2.05) is 0 Å². The van der Waals surface area contributed by atoms with Gasteiger partial charge in [0.05, 0.1) is 0 Å². The maximum atomic E-state index is 11.5. The molecule has 1 rings (SSSR count). The van der Waals surface area contributed by atoms with Gasteiger partial charge >= 0.3 is 11.9 Å². The van der Waals surface area contributed by atoms with Crippen LogP contribution in [0.1, 0.15) is 20.8 Å². The van der Waals surface area contributed by atoms with Gasteiger partial charge in [0.1, 0.15) is 11.8 Å². The second-order valence-corrected chi connectivity index (χ2v) is 3.99. The first-order chi connectivity index (χ1) is 8.82. The van der Waals surface area contributed by atoms with Crippen molar-refractivity contribution in [1.82, 2.24) is 0 Å². The van der Waals surface area contributed by atoms with Gasteiger partial charge in [0.2, 0.25) is 5.91 Å². The molecular weight excluding hydrogens is 250 g/mol. The average Bonchev–Trinajstić information content (AvgIpc) is 2.30. The Morgan fingerprint density at radius 3 is 2.05 bits per heavy atom. The molecule has 6 heteroatoms.